The fourth-order valence-corrected chi connectivity index (χ4v) is 13.4. The number of hydrogen-bond donors (Lipinski definition) is 1. The van der Waals surface area contributed by atoms with E-state index >= 15 is 0 Å². The summed E-state index contributed by atoms with van der Waals surface area (Å²) in [5.74, 6) is 2.52. The van der Waals surface area contributed by atoms with Gasteiger partial charge in [-0.05, 0) is 112 Å². The molecule has 10 atom stereocenters. The SMILES string of the molecule is CC(=O)O[C@H]1CC2CCC3C(CC[C@@]4(C)C3C[C@H]([N+]3(C)CCCCC3)[C@@H]4OC(C)=O)[C@@]2(C)C[C@@H]1[N+]1(C)CCCCC1.O=S(=O)(O)c1ccccc1. The van der Waals surface area contributed by atoms with Gasteiger partial charge in [0.15, 0.2) is 12.2 Å². The van der Waals surface area contributed by atoms with Crippen LogP contribution in [-0.4, -0.2) is 98.4 Å². The third kappa shape index (κ3) is 7.54. The molecule has 286 valence electrons. The summed E-state index contributed by atoms with van der Waals surface area (Å²) in [6.07, 6.45) is 16.4. The van der Waals surface area contributed by atoms with Crippen LogP contribution in [0.5, 0.6) is 0 Å². The molecule has 6 aliphatic rings. The van der Waals surface area contributed by atoms with Crippen molar-refractivity contribution in [1.29, 1.82) is 0 Å². The second kappa shape index (κ2) is 14.7. The van der Waals surface area contributed by atoms with Crippen molar-refractivity contribution in [1.82, 2.24) is 0 Å². The first-order chi connectivity index (χ1) is 24.0. The molecule has 4 aliphatic carbocycles. The largest absolute Gasteiger partial charge is 0.456 e. The van der Waals surface area contributed by atoms with E-state index in [1.165, 1.54) is 115 Å². The van der Waals surface area contributed by atoms with E-state index in [0.29, 0.717) is 35.3 Å². The molecule has 1 aromatic carbocycles. The number of ether oxygens (including phenoxy) is 2. The van der Waals surface area contributed by atoms with Crippen LogP contribution in [0.4, 0.5) is 0 Å². The van der Waals surface area contributed by atoms with Gasteiger partial charge in [0.2, 0.25) is 0 Å². The fraction of sp³-hybridized carbons (Fsp3) is 0.805. The molecule has 2 heterocycles. The molecule has 10 heteroatoms. The predicted molar refractivity (Wildman–Crippen MR) is 197 cm³/mol. The summed E-state index contributed by atoms with van der Waals surface area (Å²) in [6.45, 7) is 13.3. The molecule has 4 saturated carbocycles. The Labute approximate surface area is 307 Å². The maximum Gasteiger partial charge on any atom is 0.303 e. The van der Waals surface area contributed by atoms with Crippen molar-refractivity contribution in [2.24, 2.45) is 34.5 Å². The lowest BCUT2D eigenvalue weighted by atomic mass is 9.44. The van der Waals surface area contributed by atoms with Crippen LogP contribution in [0.3, 0.4) is 0 Å². The molecule has 51 heavy (non-hydrogen) atoms. The Morgan fingerprint density at radius 2 is 1.31 bits per heavy atom. The molecule has 2 saturated heterocycles. The van der Waals surface area contributed by atoms with E-state index in [-0.39, 0.29) is 34.5 Å². The minimum Gasteiger partial charge on any atom is -0.456 e. The van der Waals surface area contributed by atoms with E-state index < -0.39 is 10.1 Å². The number of piperidine rings is 2. The minimum absolute atomic E-state index is 0.0462. The van der Waals surface area contributed by atoms with Crippen LogP contribution in [0.25, 0.3) is 0 Å². The normalized spacial score (nSPS) is 39.9. The quantitative estimate of drug-likeness (QED) is 0.197. The first-order valence-corrected chi connectivity index (χ1v) is 21.5. The Morgan fingerprint density at radius 1 is 0.745 bits per heavy atom. The van der Waals surface area contributed by atoms with E-state index in [0.717, 1.165) is 21.3 Å². The molecular weight excluding hydrogens is 665 g/mol. The third-order valence-corrected chi connectivity index (χ3v) is 16.4. The summed E-state index contributed by atoms with van der Waals surface area (Å²) >= 11 is 0. The van der Waals surface area contributed by atoms with Crippen molar-refractivity contribution in [2.75, 3.05) is 40.3 Å². The molecule has 2 aliphatic heterocycles. The van der Waals surface area contributed by atoms with Gasteiger partial charge >= 0.3 is 11.9 Å². The van der Waals surface area contributed by atoms with Gasteiger partial charge in [-0.2, -0.15) is 8.42 Å². The molecule has 0 bridgehead atoms. The van der Waals surface area contributed by atoms with Gasteiger partial charge < -0.3 is 18.4 Å². The van der Waals surface area contributed by atoms with E-state index in [1.807, 2.05) is 0 Å². The fourth-order valence-electron chi connectivity index (χ4n) is 12.9. The van der Waals surface area contributed by atoms with Gasteiger partial charge in [-0.3, -0.25) is 14.1 Å². The van der Waals surface area contributed by atoms with Gasteiger partial charge in [-0.25, -0.2) is 0 Å². The monoisotopic (exact) mass is 730 g/mol. The van der Waals surface area contributed by atoms with Gasteiger partial charge in [-0.15, -0.1) is 0 Å². The lowest BCUT2D eigenvalue weighted by Crippen LogP contribution is -2.66. The number of carbonyl (C=O) groups is 2. The summed E-state index contributed by atoms with van der Waals surface area (Å²) in [6, 6.07) is 8.27. The van der Waals surface area contributed by atoms with Crippen LogP contribution in [0, 0.1) is 34.5 Å². The number of fused-ring (bicyclic) bond motifs is 5. The molecule has 7 rings (SSSR count). The average Bonchev–Trinajstić information content (AvgIpc) is 3.37. The Kier molecular flexibility index (Phi) is 11.1. The van der Waals surface area contributed by atoms with Crippen molar-refractivity contribution in [3.63, 3.8) is 0 Å². The van der Waals surface area contributed by atoms with E-state index in [4.69, 9.17) is 14.0 Å². The minimum atomic E-state index is -4.00. The summed E-state index contributed by atoms with van der Waals surface area (Å²) in [5.41, 5.74) is 0.377. The van der Waals surface area contributed by atoms with Crippen molar-refractivity contribution < 1.29 is 41.0 Å². The van der Waals surface area contributed by atoms with Gasteiger partial charge in [0, 0.05) is 32.1 Å². The third-order valence-electron chi connectivity index (χ3n) is 15.5. The van der Waals surface area contributed by atoms with Gasteiger partial charge in [-0.1, -0.05) is 32.0 Å². The topological polar surface area (TPSA) is 107 Å². The highest BCUT2D eigenvalue weighted by Crippen LogP contribution is 2.68. The highest BCUT2D eigenvalue weighted by atomic mass is 32.2. The van der Waals surface area contributed by atoms with E-state index in [1.54, 1.807) is 32.0 Å². The van der Waals surface area contributed by atoms with Gasteiger partial charge in [0.05, 0.1) is 45.2 Å². The second-order valence-corrected chi connectivity index (χ2v) is 19.9. The highest BCUT2D eigenvalue weighted by molar-refractivity contribution is 7.85. The highest BCUT2D eigenvalue weighted by Gasteiger charge is 2.68. The Morgan fingerprint density at radius 3 is 1.84 bits per heavy atom. The van der Waals surface area contributed by atoms with Crippen molar-refractivity contribution in [3.8, 4) is 0 Å². The number of carbonyl (C=O) groups excluding carboxylic acids is 2. The number of quaternary nitrogens is 2. The van der Waals surface area contributed by atoms with Crippen molar-refractivity contribution in [2.45, 2.75) is 140 Å². The Bertz CT molecular complexity index is 1510. The molecule has 1 N–H and O–H groups in total. The summed E-state index contributed by atoms with van der Waals surface area (Å²) < 4.78 is 44.0. The zero-order valence-corrected chi connectivity index (χ0v) is 33.0. The Hall–Kier alpha value is -2.01. The maximum atomic E-state index is 12.5. The molecular formula is C41H66N2O7S+2. The predicted octanol–water partition coefficient (Wildman–Crippen LogP) is 7.04. The van der Waals surface area contributed by atoms with Gasteiger partial charge in [0.1, 0.15) is 12.1 Å². The van der Waals surface area contributed by atoms with Crippen LogP contribution in [-0.2, 0) is 29.2 Å². The molecule has 4 unspecified atom stereocenters. The number of likely N-dealkylation sites (tertiary alicyclic amines) is 2. The van der Waals surface area contributed by atoms with Crippen LogP contribution in [0.2, 0.25) is 0 Å². The van der Waals surface area contributed by atoms with Crippen LogP contribution < -0.4 is 0 Å². The molecule has 9 nitrogen and oxygen atoms in total. The number of nitrogens with zero attached hydrogens (tertiary/aromatic N) is 2. The number of likely N-dealkylation sites (N-methyl/N-ethyl adjacent to an activating group) is 2. The first kappa shape index (κ1) is 38.7. The zero-order chi connectivity index (χ0) is 36.8. The number of esters is 2. The molecule has 1 aromatic rings. The summed E-state index contributed by atoms with van der Waals surface area (Å²) in [4.78, 5) is 24.8. The van der Waals surface area contributed by atoms with Gasteiger partial charge in [0.25, 0.3) is 10.1 Å². The second-order valence-electron chi connectivity index (χ2n) is 18.5. The standard InChI is InChI=1S/C35H60N2O4.C6H6O3S/c1-24(38)40-32-21-26-13-14-27-28(35(26,4)23-31(32)37(6)19-11-8-12-20-37)15-16-34(3)29(27)22-30(33(34)41-25(2)39)36(5)17-9-7-10-18-36;7-10(8,9)6-4-2-1-3-5-6/h26-33H,7-23H2,1-6H3;1-5H,(H,7,8,9)/q+2;/t26?,27?,28?,29?,30-,31-,32-,33-,34-,35-;/m0./s1. The van der Waals surface area contributed by atoms with Crippen LogP contribution in [0.1, 0.15) is 111 Å². The lowest BCUT2D eigenvalue weighted by Gasteiger charge is -2.63. The molecule has 0 spiro atoms. The number of hydrogen-bond acceptors (Lipinski definition) is 6. The molecule has 0 aromatic heterocycles. The smallest absolute Gasteiger partial charge is 0.303 e. The van der Waals surface area contributed by atoms with Crippen LogP contribution in [0.15, 0.2) is 35.2 Å². The average molecular weight is 731 g/mol. The van der Waals surface area contributed by atoms with E-state index in [9.17, 15) is 18.0 Å². The molecule has 6 fully saturated rings. The summed E-state index contributed by atoms with van der Waals surface area (Å²) in [5, 5.41) is 0. The van der Waals surface area contributed by atoms with Crippen molar-refractivity contribution in [3.05, 3.63) is 30.3 Å². The number of benzene rings is 1. The lowest BCUT2D eigenvalue weighted by molar-refractivity contribution is -0.943. The van der Waals surface area contributed by atoms with Crippen LogP contribution >= 0.6 is 0 Å². The maximum absolute atomic E-state index is 12.5. The Balaban J connectivity index is 0.000000388. The molecule has 0 radical (unpaired) electrons. The molecule has 0 amide bonds. The van der Waals surface area contributed by atoms with Crippen molar-refractivity contribution >= 4 is 22.1 Å². The first-order valence-electron chi connectivity index (χ1n) is 20.1. The zero-order valence-electron chi connectivity index (χ0n) is 32.2. The summed E-state index contributed by atoms with van der Waals surface area (Å²) in [7, 11) is 0.938. The van der Waals surface area contributed by atoms with E-state index in [2.05, 4.69) is 27.9 Å². The number of rotatable bonds is 5.